The molecular formula is C15H13ClFN3O2. The summed E-state index contributed by atoms with van der Waals surface area (Å²) in [5.74, 6) is -0.546. The van der Waals surface area contributed by atoms with Crippen molar-refractivity contribution in [2.24, 2.45) is 0 Å². The molecule has 1 saturated carbocycles. The number of carbonyl (C=O) groups is 1. The van der Waals surface area contributed by atoms with Crippen molar-refractivity contribution >= 4 is 23.2 Å². The fourth-order valence-corrected chi connectivity index (χ4v) is 2.31. The fourth-order valence-electron chi connectivity index (χ4n) is 2.09. The highest BCUT2D eigenvalue weighted by Gasteiger charge is 2.25. The first-order chi connectivity index (χ1) is 10.5. The minimum atomic E-state index is -0.488. The molecule has 1 aromatic carbocycles. The predicted octanol–water partition coefficient (Wildman–Crippen LogP) is 2.55. The van der Waals surface area contributed by atoms with Gasteiger partial charge < -0.3 is 5.32 Å². The predicted molar refractivity (Wildman–Crippen MR) is 80.5 cm³/mol. The Morgan fingerprint density at radius 2 is 2.14 bits per heavy atom. The van der Waals surface area contributed by atoms with Crippen LogP contribution >= 0.6 is 11.6 Å². The molecule has 0 radical (unpaired) electrons. The number of carbonyl (C=O) groups excluding carboxylic acids is 1. The smallest absolute Gasteiger partial charge is 0.267 e. The van der Waals surface area contributed by atoms with Gasteiger partial charge in [-0.2, -0.15) is 5.10 Å². The highest BCUT2D eigenvalue weighted by molar-refractivity contribution is 6.33. The van der Waals surface area contributed by atoms with Crippen molar-refractivity contribution in [2.75, 3.05) is 5.32 Å². The third kappa shape index (κ3) is 3.33. The van der Waals surface area contributed by atoms with Gasteiger partial charge in [0.25, 0.3) is 5.56 Å². The van der Waals surface area contributed by atoms with Gasteiger partial charge >= 0.3 is 0 Å². The zero-order valence-corrected chi connectivity index (χ0v) is 12.3. The molecule has 114 valence electrons. The van der Waals surface area contributed by atoms with E-state index in [2.05, 4.69) is 10.4 Å². The number of benzene rings is 1. The van der Waals surface area contributed by atoms with Crippen molar-refractivity contribution in [3.8, 4) is 0 Å². The quantitative estimate of drug-likeness (QED) is 0.941. The number of nitrogens with zero attached hydrogens (tertiary/aromatic N) is 2. The van der Waals surface area contributed by atoms with Gasteiger partial charge in [0.15, 0.2) is 0 Å². The Morgan fingerprint density at radius 3 is 2.82 bits per heavy atom. The molecule has 1 amide bonds. The maximum Gasteiger partial charge on any atom is 0.267 e. The SMILES string of the molecule is O=C(Cn1nc(C2CC2)ccc1=O)Nc1ccc(F)cc1Cl. The standard InChI is InChI=1S/C15H13ClFN3O2/c16-11-7-10(17)3-4-13(11)18-14(21)8-20-15(22)6-5-12(19-20)9-1-2-9/h3-7,9H,1-2,8H2,(H,18,21). The highest BCUT2D eigenvalue weighted by atomic mass is 35.5. The first-order valence-corrected chi connectivity index (χ1v) is 7.24. The highest BCUT2D eigenvalue weighted by Crippen LogP contribution is 2.38. The van der Waals surface area contributed by atoms with E-state index >= 15 is 0 Å². The molecule has 0 saturated heterocycles. The van der Waals surface area contributed by atoms with Crippen molar-refractivity contribution in [3.63, 3.8) is 0 Å². The van der Waals surface area contributed by atoms with Gasteiger partial charge in [0.2, 0.25) is 5.91 Å². The molecule has 0 spiro atoms. The van der Waals surface area contributed by atoms with Gasteiger partial charge in [-0.05, 0) is 37.1 Å². The van der Waals surface area contributed by atoms with Crippen LogP contribution in [-0.2, 0) is 11.3 Å². The molecule has 5 nitrogen and oxygen atoms in total. The Balaban J connectivity index is 1.74. The molecule has 1 fully saturated rings. The normalized spacial score (nSPS) is 13.9. The molecule has 0 atom stereocenters. The van der Waals surface area contributed by atoms with Gasteiger partial charge in [0.05, 0.1) is 16.4 Å². The van der Waals surface area contributed by atoms with E-state index in [1.165, 1.54) is 18.2 Å². The molecule has 0 bridgehead atoms. The van der Waals surface area contributed by atoms with Gasteiger partial charge in [-0.15, -0.1) is 0 Å². The van der Waals surface area contributed by atoms with E-state index in [0.29, 0.717) is 11.6 Å². The summed E-state index contributed by atoms with van der Waals surface area (Å²) in [6, 6.07) is 6.78. The van der Waals surface area contributed by atoms with Crippen molar-refractivity contribution in [1.29, 1.82) is 0 Å². The molecule has 1 aromatic heterocycles. The molecule has 1 aliphatic carbocycles. The van der Waals surface area contributed by atoms with E-state index in [1.807, 2.05) is 0 Å². The fraction of sp³-hybridized carbons (Fsp3) is 0.267. The van der Waals surface area contributed by atoms with Crippen LogP contribution in [0.1, 0.15) is 24.5 Å². The van der Waals surface area contributed by atoms with Gasteiger partial charge in [0, 0.05) is 12.0 Å². The summed E-state index contributed by atoms with van der Waals surface area (Å²) in [6.07, 6.45) is 2.12. The number of rotatable bonds is 4. The van der Waals surface area contributed by atoms with Crippen LogP contribution in [0.3, 0.4) is 0 Å². The number of amides is 1. The van der Waals surface area contributed by atoms with Gasteiger partial charge in [-0.3, -0.25) is 9.59 Å². The molecular weight excluding hydrogens is 309 g/mol. The molecule has 0 aliphatic heterocycles. The van der Waals surface area contributed by atoms with Crippen LogP contribution in [0.5, 0.6) is 0 Å². The summed E-state index contributed by atoms with van der Waals surface area (Å²) in [6.45, 7) is -0.215. The Morgan fingerprint density at radius 1 is 1.36 bits per heavy atom. The van der Waals surface area contributed by atoms with Crippen LogP contribution < -0.4 is 10.9 Å². The van der Waals surface area contributed by atoms with Crippen LogP contribution in [0.25, 0.3) is 0 Å². The maximum absolute atomic E-state index is 13.0. The number of hydrogen-bond donors (Lipinski definition) is 1. The second-order valence-corrected chi connectivity index (χ2v) is 5.61. The first kappa shape index (κ1) is 14.7. The van der Waals surface area contributed by atoms with Gasteiger partial charge in [-0.1, -0.05) is 11.6 Å². The topological polar surface area (TPSA) is 64.0 Å². The summed E-state index contributed by atoms with van der Waals surface area (Å²) in [5, 5.41) is 6.84. The molecule has 1 N–H and O–H groups in total. The number of aromatic nitrogens is 2. The van der Waals surface area contributed by atoms with E-state index in [9.17, 15) is 14.0 Å². The lowest BCUT2D eigenvalue weighted by Crippen LogP contribution is -2.29. The molecule has 2 aromatic rings. The molecule has 1 heterocycles. The van der Waals surface area contributed by atoms with Gasteiger partial charge in [-0.25, -0.2) is 9.07 Å². The van der Waals surface area contributed by atoms with Crippen LogP contribution in [0.2, 0.25) is 5.02 Å². The Kier molecular flexibility index (Phi) is 3.94. The number of anilines is 1. The van der Waals surface area contributed by atoms with Crippen molar-refractivity contribution in [1.82, 2.24) is 9.78 Å². The van der Waals surface area contributed by atoms with E-state index in [-0.39, 0.29) is 17.1 Å². The second kappa shape index (κ2) is 5.88. The molecule has 0 unspecified atom stereocenters. The summed E-state index contributed by atoms with van der Waals surface area (Å²) >= 11 is 5.84. The summed E-state index contributed by atoms with van der Waals surface area (Å²) in [7, 11) is 0. The monoisotopic (exact) mass is 321 g/mol. The average Bonchev–Trinajstić information content (AvgIpc) is 3.29. The lowest BCUT2D eigenvalue weighted by molar-refractivity contribution is -0.117. The van der Waals surface area contributed by atoms with Crippen molar-refractivity contribution in [2.45, 2.75) is 25.3 Å². The minimum Gasteiger partial charge on any atom is -0.323 e. The molecule has 7 heteroatoms. The maximum atomic E-state index is 13.0. The minimum absolute atomic E-state index is 0.0976. The van der Waals surface area contributed by atoms with Crippen LogP contribution in [0.15, 0.2) is 35.1 Å². The van der Waals surface area contributed by atoms with E-state index in [0.717, 1.165) is 29.3 Å². The lowest BCUT2D eigenvalue weighted by Gasteiger charge is -2.09. The summed E-state index contributed by atoms with van der Waals surface area (Å²) in [4.78, 5) is 23.8. The van der Waals surface area contributed by atoms with Crippen LogP contribution in [0, 0.1) is 5.82 Å². The number of halogens is 2. The van der Waals surface area contributed by atoms with Crippen molar-refractivity contribution < 1.29 is 9.18 Å². The zero-order valence-electron chi connectivity index (χ0n) is 11.6. The molecule has 22 heavy (non-hydrogen) atoms. The first-order valence-electron chi connectivity index (χ1n) is 6.86. The third-order valence-corrected chi connectivity index (χ3v) is 3.69. The Labute approximate surface area is 130 Å². The number of nitrogens with one attached hydrogen (secondary N) is 1. The van der Waals surface area contributed by atoms with Gasteiger partial charge in [0.1, 0.15) is 12.4 Å². The average molecular weight is 322 g/mol. The lowest BCUT2D eigenvalue weighted by atomic mass is 10.3. The largest absolute Gasteiger partial charge is 0.323 e. The summed E-state index contributed by atoms with van der Waals surface area (Å²) in [5.41, 5.74) is 0.774. The van der Waals surface area contributed by atoms with Crippen LogP contribution in [-0.4, -0.2) is 15.7 Å². The Bertz CT molecular complexity index is 787. The van der Waals surface area contributed by atoms with Crippen LogP contribution in [0.4, 0.5) is 10.1 Å². The zero-order chi connectivity index (χ0) is 15.7. The van der Waals surface area contributed by atoms with E-state index in [4.69, 9.17) is 11.6 Å². The Hall–Kier alpha value is -2.21. The van der Waals surface area contributed by atoms with E-state index in [1.54, 1.807) is 6.07 Å². The van der Waals surface area contributed by atoms with E-state index < -0.39 is 11.7 Å². The van der Waals surface area contributed by atoms with Crippen molar-refractivity contribution in [3.05, 3.63) is 57.2 Å². The number of hydrogen-bond acceptors (Lipinski definition) is 3. The molecule has 3 rings (SSSR count). The third-order valence-electron chi connectivity index (χ3n) is 3.38. The molecule has 1 aliphatic rings. The summed E-state index contributed by atoms with van der Waals surface area (Å²) < 4.78 is 14.1. The second-order valence-electron chi connectivity index (χ2n) is 5.20.